The van der Waals surface area contributed by atoms with Crippen LogP contribution in [0, 0.1) is 12.8 Å². The first-order valence-electron chi connectivity index (χ1n) is 9.22. The van der Waals surface area contributed by atoms with Crippen molar-refractivity contribution in [3.8, 4) is 0 Å². The summed E-state index contributed by atoms with van der Waals surface area (Å²) in [6, 6.07) is 3.65. The predicted molar refractivity (Wildman–Crippen MR) is 116 cm³/mol. The molecule has 0 amide bonds. The number of hydrogen-bond acceptors (Lipinski definition) is 4. The Balaban J connectivity index is 0.00000420. The molecule has 1 fully saturated rings. The molecule has 1 unspecified atom stereocenters. The number of hydrogen-bond donors (Lipinski definition) is 2. The highest BCUT2D eigenvalue weighted by Crippen LogP contribution is 2.30. The molecule has 168 valence electrons. The molecule has 2 N–H and O–H groups in total. The smallest absolute Gasteiger partial charge is 0.464 e. The highest BCUT2D eigenvalue weighted by atomic mass is 127. The molecule has 0 radical (unpaired) electrons. The van der Waals surface area contributed by atoms with Gasteiger partial charge in [-0.2, -0.15) is 17.5 Å². The molecule has 12 heteroatoms. The number of guanidine groups is 1. The molecular weight excluding hydrogens is 524 g/mol. The van der Waals surface area contributed by atoms with Crippen LogP contribution in [0.2, 0.25) is 0 Å². The van der Waals surface area contributed by atoms with Gasteiger partial charge in [0.1, 0.15) is 11.5 Å². The molecule has 2 heterocycles. The van der Waals surface area contributed by atoms with E-state index in [2.05, 4.69) is 15.6 Å². The first kappa shape index (κ1) is 26.0. The highest BCUT2D eigenvalue weighted by Gasteiger charge is 2.50. The molecule has 29 heavy (non-hydrogen) atoms. The lowest BCUT2D eigenvalue weighted by atomic mass is 9.98. The number of rotatable bonds is 6. The molecule has 1 aliphatic rings. The van der Waals surface area contributed by atoms with Crippen molar-refractivity contribution in [1.29, 1.82) is 0 Å². The summed E-state index contributed by atoms with van der Waals surface area (Å²) in [6.45, 7) is 6.49. The number of furan rings is 1. The number of aryl methyl sites for hydroxylation is 1. The number of piperidine rings is 1. The molecule has 0 aliphatic carbocycles. The number of nitrogens with zero attached hydrogens (tertiary/aromatic N) is 2. The van der Waals surface area contributed by atoms with Gasteiger partial charge in [-0.15, -0.1) is 24.0 Å². The zero-order valence-corrected chi connectivity index (χ0v) is 19.8. The number of aliphatic imine (C=N–C) groups is 1. The summed E-state index contributed by atoms with van der Waals surface area (Å²) in [5.74, 6) is 2.19. The number of sulfonamides is 1. The standard InChI is InChI=1S/C17H27F3N4O3S.HI/c1-4-21-16(23-13(3)15-6-5-12(2)27-15)22-11-14-7-9-24(10-8-14)28(25,26)17(18,19)20;/h5-6,13-14H,4,7-11H2,1-3H3,(H2,21,22,23);1H. The van der Waals surface area contributed by atoms with Crippen molar-refractivity contribution >= 4 is 40.0 Å². The Hall–Kier alpha value is -1.02. The van der Waals surface area contributed by atoms with E-state index in [-0.39, 0.29) is 49.0 Å². The third-order valence-corrected chi connectivity index (χ3v) is 6.23. The summed E-state index contributed by atoms with van der Waals surface area (Å²) in [4.78, 5) is 4.51. The van der Waals surface area contributed by atoms with Crippen molar-refractivity contribution in [2.75, 3.05) is 26.2 Å². The van der Waals surface area contributed by atoms with Crippen molar-refractivity contribution in [1.82, 2.24) is 14.9 Å². The van der Waals surface area contributed by atoms with Crippen LogP contribution in [-0.2, 0) is 10.0 Å². The molecule has 1 aromatic heterocycles. The fourth-order valence-corrected chi connectivity index (χ4v) is 3.97. The summed E-state index contributed by atoms with van der Waals surface area (Å²) < 4.78 is 67.0. The van der Waals surface area contributed by atoms with Crippen LogP contribution >= 0.6 is 24.0 Å². The predicted octanol–water partition coefficient (Wildman–Crippen LogP) is 3.38. The van der Waals surface area contributed by atoms with Crippen LogP contribution in [0.4, 0.5) is 13.2 Å². The lowest BCUT2D eigenvalue weighted by Crippen LogP contribution is -2.45. The summed E-state index contributed by atoms with van der Waals surface area (Å²) in [5.41, 5.74) is -5.25. The lowest BCUT2D eigenvalue weighted by molar-refractivity contribution is -0.0496. The van der Waals surface area contributed by atoms with E-state index in [0.29, 0.717) is 36.2 Å². The number of halogens is 4. The molecule has 2 rings (SSSR count). The highest BCUT2D eigenvalue weighted by molar-refractivity contribution is 14.0. The molecule has 0 spiro atoms. The van der Waals surface area contributed by atoms with Gasteiger partial charge in [-0.1, -0.05) is 0 Å². The maximum atomic E-state index is 12.6. The number of nitrogens with one attached hydrogen (secondary N) is 2. The van der Waals surface area contributed by atoms with Crippen molar-refractivity contribution in [3.63, 3.8) is 0 Å². The summed E-state index contributed by atoms with van der Waals surface area (Å²) in [5, 5.41) is 6.35. The molecule has 1 aliphatic heterocycles. The molecule has 1 saturated heterocycles. The van der Waals surface area contributed by atoms with Crippen LogP contribution in [0.25, 0.3) is 0 Å². The Morgan fingerprint density at radius 1 is 1.34 bits per heavy atom. The summed E-state index contributed by atoms with van der Waals surface area (Å²) in [6.07, 6.45) is 0.677. The fraction of sp³-hybridized carbons (Fsp3) is 0.706. The maximum absolute atomic E-state index is 12.6. The average Bonchev–Trinajstić information content (AvgIpc) is 3.06. The van der Waals surface area contributed by atoms with Crippen LogP contribution in [-0.4, -0.2) is 50.4 Å². The van der Waals surface area contributed by atoms with E-state index in [1.165, 1.54) is 0 Å². The molecular formula is C17H28F3IN4O3S. The van der Waals surface area contributed by atoms with Gasteiger partial charge < -0.3 is 15.1 Å². The zero-order chi connectivity index (χ0) is 20.9. The second kappa shape index (κ2) is 10.8. The van der Waals surface area contributed by atoms with E-state index >= 15 is 0 Å². The average molecular weight is 552 g/mol. The van der Waals surface area contributed by atoms with E-state index in [0.717, 1.165) is 11.5 Å². The molecule has 1 aromatic rings. The molecule has 1 atom stereocenters. The first-order chi connectivity index (χ1) is 13.0. The van der Waals surface area contributed by atoms with Crippen molar-refractivity contribution in [3.05, 3.63) is 23.7 Å². The van der Waals surface area contributed by atoms with Gasteiger partial charge in [0.2, 0.25) is 0 Å². The maximum Gasteiger partial charge on any atom is 0.511 e. The van der Waals surface area contributed by atoms with Crippen LogP contribution in [0.1, 0.15) is 44.3 Å². The monoisotopic (exact) mass is 552 g/mol. The Bertz CT molecular complexity index is 775. The minimum atomic E-state index is -5.25. The van der Waals surface area contributed by atoms with Gasteiger partial charge in [-0.25, -0.2) is 8.42 Å². The Morgan fingerprint density at radius 3 is 2.45 bits per heavy atom. The van der Waals surface area contributed by atoms with Gasteiger partial charge in [0.05, 0.1) is 6.04 Å². The van der Waals surface area contributed by atoms with Crippen LogP contribution in [0.3, 0.4) is 0 Å². The van der Waals surface area contributed by atoms with E-state index in [4.69, 9.17) is 4.42 Å². The largest absolute Gasteiger partial charge is 0.511 e. The van der Waals surface area contributed by atoms with Gasteiger partial charge in [-0.3, -0.25) is 4.99 Å². The summed E-state index contributed by atoms with van der Waals surface area (Å²) >= 11 is 0. The van der Waals surface area contributed by atoms with Gasteiger partial charge in [0.15, 0.2) is 5.96 Å². The van der Waals surface area contributed by atoms with Gasteiger partial charge in [0.25, 0.3) is 0 Å². The van der Waals surface area contributed by atoms with E-state index in [1.807, 2.05) is 32.9 Å². The van der Waals surface area contributed by atoms with Crippen molar-refractivity contribution in [2.24, 2.45) is 10.9 Å². The zero-order valence-electron chi connectivity index (χ0n) is 16.6. The van der Waals surface area contributed by atoms with Crippen LogP contribution in [0.5, 0.6) is 0 Å². The third kappa shape index (κ3) is 7.02. The van der Waals surface area contributed by atoms with Gasteiger partial charge in [0, 0.05) is 26.2 Å². The number of alkyl halides is 3. The fourth-order valence-electron chi connectivity index (χ4n) is 2.98. The Labute approximate surface area is 186 Å². The minimum absolute atomic E-state index is 0. The van der Waals surface area contributed by atoms with Crippen LogP contribution < -0.4 is 10.6 Å². The van der Waals surface area contributed by atoms with Crippen molar-refractivity contribution < 1.29 is 26.0 Å². The van der Waals surface area contributed by atoms with E-state index in [9.17, 15) is 21.6 Å². The molecule has 0 aromatic carbocycles. The van der Waals surface area contributed by atoms with Crippen LogP contribution in [0.15, 0.2) is 21.5 Å². The van der Waals surface area contributed by atoms with E-state index < -0.39 is 15.5 Å². The Morgan fingerprint density at radius 2 is 1.97 bits per heavy atom. The minimum Gasteiger partial charge on any atom is -0.464 e. The lowest BCUT2D eigenvalue weighted by Gasteiger charge is -2.31. The first-order valence-corrected chi connectivity index (χ1v) is 10.7. The normalized spacial score (nSPS) is 18.2. The summed E-state index contributed by atoms with van der Waals surface area (Å²) in [7, 11) is -5.24. The molecule has 0 saturated carbocycles. The molecule has 7 nitrogen and oxygen atoms in total. The quantitative estimate of drug-likeness (QED) is 0.321. The SMILES string of the molecule is CCNC(=NCC1CCN(S(=O)(=O)C(F)(F)F)CC1)NC(C)c1ccc(C)o1.I. The van der Waals surface area contributed by atoms with E-state index in [1.54, 1.807) is 0 Å². The second-order valence-corrected chi connectivity index (χ2v) is 8.76. The Kier molecular flexibility index (Phi) is 9.73. The topological polar surface area (TPSA) is 86.9 Å². The molecule has 0 bridgehead atoms. The van der Waals surface area contributed by atoms with Gasteiger partial charge >= 0.3 is 15.5 Å². The van der Waals surface area contributed by atoms with Gasteiger partial charge in [-0.05, 0) is 51.7 Å². The van der Waals surface area contributed by atoms with Crippen molar-refractivity contribution in [2.45, 2.75) is 45.2 Å². The second-order valence-electron chi connectivity index (χ2n) is 6.83. The third-order valence-electron chi connectivity index (χ3n) is 4.60.